The van der Waals surface area contributed by atoms with Crippen LogP contribution < -0.4 is 10.6 Å². The Labute approximate surface area is 181 Å². The maximum Gasteiger partial charge on any atom is 0.265 e. The van der Waals surface area contributed by atoms with Gasteiger partial charge in [0.2, 0.25) is 0 Å². The maximum absolute atomic E-state index is 14.3. The molecule has 0 saturated carbocycles. The van der Waals surface area contributed by atoms with Crippen LogP contribution in [0.25, 0.3) is 21.4 Å². The molecule has 6 rings (SSSR count). The molecule has 0 radical (unpaired) electrons. The first kappa shape index (κ1) is 18.7. The van der Waals surface area contributed by atoms with Crippen molar-refractivity contribution < 1.29 is 9.18 Å². The molecule has 156 valence electrons. The number of fused-ring (bicyclic) bond motifs is 4. The van der Waals surface area contributed by atoms with Crippen LogP contribution in [0.1, 0.15) is 40.3 Å². The summed E-state index contributed by atoms with van der Waals surface area (Å²) in [6.45, 7) is 1.80. The highest BCUT2D eigenvalue weighted by Gasteiger charge is 2.28. The average molecular weight is 434 g/mol. The number of nitrogens with one attached hydrogen (secondary N) is 2. The van der Waals surface area contributed by atoms with Crippen molar-refractivity contribution in [2.24, 2.45) is 0 Å². The Morgan fingerprint density at radius 1 is 1.26 bits per heavy atom. The Bertz CT molecular complexity index is 1390. The van der Waals surface area contributed by atoms with E-state index in [-0.39, 0.29) is 11.6 Å². The van der Waals surface area contributed by atoms with Gasteiger partial charge in [-0.15, -0.1) is 11.3 Å². The number of pyridine rings is 2. The molecular weight excluding hydrogens is 413 g/mol. The van der Waals surface area contributed by atoms with Crippen molar-refractivity contribution >= 4 is 44.4 Å². The minimum Gasteiger partial charge on any atom is -0.320 e. The Morgan fingerprint density at radius 2 is 2.16 bits per heavy atom. The lowest BCUT2D eigenvalue weighted by molar-refractivity contribution is 0.103. The molecule has 6 heterocycles. The number of hydrogen-bond acceptors (Lipinski definition) is 5. The van der Waals surface area contributed by atoms with Gasteiger partial charge in [-0.25, -0.2) is 14.4 Å². The summed E-state index contributed by atoms with van der Waals surface area (Å²) in [6.07, 6.45) is 9.07. The summed E-state index contributed by atoms with van der Waals surface area (Å²) in [5, 5.41) is 7.33. The Balaban J connectivity index is 1.28. The van der Waals surface area contributed by atoms with Crippen molar-refractivity contribution in [2.45, 2.75) is 38.3 Å². The number of halogens is 1. The molecule has 1 fully saturated rings. The number of nitrogens with zero attached hydrogens (tertiary/aromatic N) is 3. The topological polar surface area (TPSA) is 71.3 Å². The number of rotatable bonds is 3. The van der Waals surface area contributed by atoms with E-state index in [9.17, 15) is 9.18 Å². The third kappa shape index (κ3) is 3.32. The van der Waals surface area contributed by atoms with Crippen molar-refractivity contribution in [3.05, 3.63) is 64.8 Å². The van der Waals surface area contributed by atoms with E-state index in [4.69, 9.17) is 4.98 Å². The second-order valence-corrected chi connectivity index (χ2v) is 9.32. The number of thiophene rings is 1. The number of aromatic nitrogens is 3. The lowest BCUT2D eigenvalue weighted by atomic mass is 10.00. The van der Waals surface area contributed by atoms with Crippen LogP contribution in [-0.4, -0.2) is 32.4 Å². The van der Waals surface area contributed by atoms with Crippen molar-refractivity contribution in [1.82, 2.24) is 19.7 Å². The molecule has 1 saturated heterocycles. The predicted molar refractivity (Wildman–Crippen MR) is 120 cm³/mol. The fourth-order valence-electron chi connectivity index (χ4n) is 4.56. The van der Waals surface area contributed by atoms with Gasteiger partial charge in [-0.3, -0.25) is 4.79 Å². The number of carbonyl (C=O) groups is 1. The van der Waals surface area contributed by atoms with Crippen molar-refractivity contribution in [1.29, 1.82) is 0 Å². The molecule has 4 aromatic rings. The summed E-state index contributed by atoms with van der Waals surface area (Å²) in [5.41, 5.74) is 3.61. The SMILES string of the molecule is Cc1cn2cc(NC(=O)c3cc4ccc(C5=CC6CCC(C5)N6)nc4s3)cc(F)c2n1. The zero-order valence-electron chi connectivity index (χ0n) is 16.9. The van der Waals surface area contributed by atoms with E-state index in [2.05, 4.69) is 21.7 Å². The van der Waals surface area contributed by atoms with Crippen LogP contribution in [0.5, 0.6) is 0 Å². The first-order chi connectivity index (χ1) is 15.0. The molecule has 31 heavy (non-hydrogen) atoms. The highest BCUT2D eigenvalue weighted by atomic mass is 32.1. The van der Waals surface area contributed by atoms with E-state index >= 15 is 0 Å². The van der Waals surface area contributed by atoms with E-state index in [1.165, 1.54) is 35.8 Å². The van der Waals surface area contributed by atoms with E-state index in [0.717, 1.165) is 22.3 Å². The van der Waals surface area contributed by atoms with Crippen LogP contribution in [0.4, 0.5) is 10.1 Å². The molecule has 0 aliphatic carbocycles. The molecule has 8 heteroatoms. The van der Waals surface area contributed by atoms with Gasteiger partial charge >= 0.3 is 0 Å². The zero-order valence-corrected chi connectivity index (χ0v) is 17.7. The van der Waals surface area contributed by atoms with Crippen molar-refractivity contribution in [3.8, 4) is 0 Å². The first-order valence-corrected chi connectivity index (χ1v) is 11.2. The number of anilines is 1. The van der Waals surface area contributed by atoms with Gasteiger partial charge in [0.1, 0.15) is 4.83 Å². The monoisotopic (exact) mass is 433 g/mol. The summed E-state index contributed by atoms with van der Waals surface area (Å²) in [6, 6.07) is 8.19. The van der Waals surface area contributed by atoms with Gasteiger partial charge in [-0.05, 0) is 50.0 Å². The van der Waals surface area contributed by atoms with Crippen LogP contribution in [0.3, 0.4) is 0 Å². The fourth-order valence-corrected chi connectivity index (χ4v) is 5.48. The molecule has 6 nitrogen and oxygen atoms in total. The summed E-state index contributed by atoms with van der Waals surface area (Å²) < 4.78 is 15.9. The van der Waals surface area contributed by atoms with Crippen LogP contribution in [0, 0.1) is 12.7 Å². The number of carbonyl (C=O) groups excluding carboxylic acids is 1. The standard InChI is InChI=1S/C23H20FN5OS/c1-12-10-29-11-17(9-18(24)21(29)25-12)27-22(30)20-8-13-2-5-19(28-23(13)31-20)14-6-15-3-4-16(7-14)26-15/h2,5-6,8-11,15-16,26H,3-4,7H2,1H3,(H,27,30). The molecule has 2 atom stereocenters. The second-order valence-electron chi connectivity index (χ2n) is 8.29. The van der Waals surface area contributed by atoms with E-state index in [1.807, 2.05) is 18.2 Å². The van der Waals surface area contributed by atoms with Gasteiger partial charge < -0.3 is 15.0 Å². The highest BCUT2D eigenvalue weighted by Crippen LogP contribution is 2.33. The van der Waals surface area contributed by atoms with E-state index in [0.29, 0.717) is 28.3 Å². The van der Waals surface area contributed by atoms with Gasteiger partial charge in [0, 0.05) is 35.9 Å². The number of imidazole rings is 1. The molecule has 1 amide bonds. The largest absolute Gasteiger partial charge is 0.320 e. The van der Waals surface area contributed by atoms with Gasteiger partial charge in [0.15, 0.2) is 11.5 Å². The average Bonchev–Trinajstić information content (AvgIpc) is 3.43. The van der Waals surface area contributed by atoms with Crippen LogP contribution >= 0.6 is 11.3 Å². The predicted octanol–water partition coefficient (Wildman–Crippen LogP) is 4.55. The molecule has 2 aliphatic rings. The van der Waals surface area contributed by atoms with Crippen LogP contribution in [-0.2, 0) is 0 Å². The lowest BCUT2D eigenvalue weighted by Gasteiger charge is -2.20. The van der Waals surface area contributed by atoms with Gasteiger partial charge in [0.05, 0.1) is 22.0 Å². The molecular formula is C23H20FN5OS. The lowest BCUT2D eigenvalue weighted by Crippen LogP contribution is -2.32. The number of aryl methyl sites for hydroxylation is 1. The van der Waals surface area contributed by atoms with Gasteiger partial charge in [-0.2, -0.15) is 0 Å². The van der Waals surface area contributed by atoms with Crippen LogP contribution in [0.15, 0.2) is 42.7 Å². The summed E-state index contributed by atoms with van der Waals surface area (Å²) in [7, 11) is 0. The Kier molecular flexibility index (Phi) is 4.19. The van der Waals surface area contributed by atoms with E-state index < -0.39 is 5.82 Å². The maximum atomic E-state index is 14.3. The third-order valence-electron chi connectivity index (χ3n) is 5.96. The molecule has 2 aliphatic heterocycles. The van der Waals surface area contributed by atoms with Gasteiger partial charge in [0.25, 0.3) is 5.91 Å². The second kappa shape index (κ2) is 6.96. The Morgan fingerprint density at radius 3 is 3.03 bits per heavy atom. The quantitative estimate of drug-likeness (QED) is 0.497. The fraction of sp³-hybridized carbons (Fsp3) is 0.261. The molecule has 0 spiro atoms. The minimum atomic E-state index is -0.474. The molecule has 2 bridgehead atoms. The Hall–Kier alpha value is -3.10. The smallest absolute Gasteiger partial charge is 0.265 e. The minimum absolute atomic E-state index is 0.245. The molecule has 2 unspecified atom stereocenters. The van der Waals surface area contributed by atoms with Crippen molar-refractivity contribution in [3.63, 3.8) is 0 Å². The normalized spacial score (nSPS) is 20.4. The number of amides is 1. The summed E-state index contributed by atoms with van der Waals surface area (Å²) >= 11 is 1.35. The summed E-state index contributed by atoms with van der Waals surface area (Å²) in [4.78, 5) is 23.2. The molecule has 4 aromatic heterocycles. The van der Waals surface area contributed by atoms with Crippen LogP contribution in [0.2, 0.25) is 0 Å². The molecule has 0 aromatic carbocycles. The first-order valence-electron chi connectivity index (χ1n) is 10.4. The number of hydrogen-bond donors (Lipinski definition) is 2. The zero-order chi connectivity index (χ0) is 21.1. The summed E-state index contributed by atoms with van der Waals surface area (Å²) in [5.74, 6) is -0.753. The third-order valence-corrected chi connectivity index (χ3v) is 7.01. The van der Waals surface area contributed by atoms with E-state index in [1.54, 1.807) is 23.7 Å². The molecule has 2 N–H and O–H groups in total. The highest BCUT2D eigenvalue weighted by molar-refractivity contribution is 7.20. The van der Waals surface area contributed by atoms with Gasteiger partial charge in [-0.1, -0.05) is 6.08 Å². The van der Waals surface area contributed by atoms with Crippen molar-refractivity contribution in [2.75, 3.05) is 5.32 Å².